The number of imide groups is 1. The standard InChI is InChI=1S/C16H19NO5/c1-9-4-5-10-11(7-9)16(21)17(15(10)20)12(8-14(18)19)13-3-2-6-22-13/h2-3,6,9-12H,4-5,7-8H2,1H3,(H,18,19)/p-1/t9-,10+,11+,12-/m0/s1. The first kappa shape index (κ1) is 14.8. The van der Waals surface area contributed by atoms with Crippen LogP contribution in [0.3, 0.4) is 0 Å². The fourth-order valence-corrected chi connectivity index (χ4v) is 3.68. The highest BCUT2D eigenvalue weighted by Gasteiger charge is 2.52. The molecule has 1 aromatic heterocycles. The molecule has 0 aromatic carbocycles. The normalized spacial score (nSPS) is 29.5. The molecule has 0 spiro atoms. The predicted octanol–water partition coefficient (Wildman–Crippen LogP) is 0.882. The van der Waals surface area contributed by atoms with Gasteiger partial charge < -0.3 is 14.3 Å². The van der Waals surface area contributed by atoms with Crippen LogP contribution >= 0.6 is 0 Å². The summed E-state index contributed by atoms with van der Waals surface area (Å²) in [7, 11) is 0. The number of rotatable bonds is 4. The van der Waals surface area contributed by atoms with Gasteiger partial charge in [-0.2, -0.15) is 0 Å². The van der Waals surface area contributed by atoms with Gasteiger partial charge in [0, 0.05) is 12.4 Å². The molecule has 0 radical (unpaired) electrons. The Labute approximate surface area is 128 Å². The second-order valence-corrected chi connectivity index (χ2v) is 6.29. The molecule has 1 saturated heterocycles. The van der Waals surface area contributed by atoms with Gasteiger partial charge in [-0.15, -0.1) is 0 Å². The molecule has 2 fully saturated rings. The van der Waals surface area contributed by atoms with Crippen molar-refractivity contribution in [2.24, 2.45) is 17.8 Å². The number of fused-ring (bicyclic) bond motifs is 1. The summed E-state index contributed by atoms with van der Waals surface area (Å²) in [5, 5.41) is 11.0. The largest absolute Gasteiger partial charge is 0.550 e. The van der Waals surface area contributed by atoms with E-state index in [1.54, 1.807) is 12.1 Å². The number of furan rings is 1. The Morgan fingerprint density at radius 3 is 2.73 bits per heavy atom. The van der Waals surface area contributed by atoms with Crippen molar-refractivity contribution in [2.45, 2.75) is 38.6 Å². The van der Waals surface area contributed by atoms with Crippen molar-refractivity contribution < 1.29 is 23.9 Å². The number of likely N-dealkylation sites (tertiary alicyclic amines) is 1. The van der Waals surface area contributed by atoms with Gasteiger partial charge in [-0.1, -0.05) is 6.92 Å². The maximum Gasteiger partial charge on any atom is 0.233 e. The van der Waals surface area contributed by atoms with Gasteiger partial charge in [0.05, 0.1) is 18.1 Å². The summed E-state index contributed by atoms with van der Waals surface area (Å²) in [6, 6.07) is 2.28. The van der Waals surface area contributed by atoms with Gasteiger partial charge >= 0.3 is 0 Å². The van der Waals surface area contributed by atoms with E-state index in [0.717, 1.165) is 11.3 Å². The Morgan fingerprint density at radius 2 is 2.09 bits per heavy atom. The molecule has 1 aliphatic heterocycles. The minimum absolute atomic E-state index is 0.274. The van der Waals surface area contributed by atoms with Crippen LogP contribution in [-0.4, -0.2) is 22.7 Å². The average molecular weight is 304 g/mol. The summed E-state index contributed by atoms with van der Waals surface area (Å²) < 4.78 is 5.24. The molecule has 1 saturated carbocycles. The molecule has 1 aliphatic carbocycles. The van der Waals surface area contributed by atoms with Gasteiger partial charge in [-0.05, 0) is 37.3 Å². The topological polar surface area (TPSA) is 90.7 Å². The van der Waals surface area contributed by atoms with Crippen molar-refractivity contribution in [3.63, 3.8) is 0 Å². The second-order valence-electron chi connectivity index (χ2n) is 6.29. The molecule has 2 amide bonds. The maximum atomic E-state index is 12.7. The zero-order valence-electron chi connectivity index (χ0n) is 12.4. The third-order valence-corrected chi connectivity index (χ3v) is 4.77. The van der Waals surface area contributed by atoms with Crippen LogP contribution < -0.4 is 5.11 Å². The lowest BCUT2D eigenvalue weighted by Crippen LogP contribution is -2.38. The molecule has 3 rings (SSSR count). The van der Waals surface area contributed by atoms with E-state index < -0.39 is 18.4 Å². The summed E-state index contributed by atoms with van der Waals surface area (Å²) in [4.78, 5) is 37.4. The van der Waals surface area contributed by atoms with Crippen LogP contribution in [0.15, 0.2) is 22.8 Å². The van der Waals surface area contributed by atoms with Crippen molar-refractivity contribution in [1.82, 2.24) is 4.90 Å². The van der Waals surface area contributed by atoms with E-state index in [-0.39, 0.29) is 23.7 Å². The molecule has 0 unspecified atom stereocenters. The Balaban J connectivity index is 1.92. The molecule has 2 heterocycles. The molecule has 0 N–H and O–H groups in total. The number of nitrogens with zero attached hydrogens (tertiary/aromatic N) is 1. The van der Waals surface area contributed by atoms with Crippen LogP contribution in [0.1, 0.15) is 44.4 Å². The summed E-state index contributed by atoms with van der Waals surface area (Å²) >= 11 is 0. The molecular formula is C16H18NO5-. The van der Waals surface area contributed by atoms with E-state index in [2.05, 4.69) is 6.92 Å². The first-order chi connectivity index (χ1) is 10.5. The number of carbonyl (C=O) groups excluding carboxylic acids is 3. The highest BCUT2D eigenvalue weighted by molar-refractivity contribution is 6.05. The molecule has 6 heteroatoms. The highest BCUT2D eigenvalue weighted by atomic mass is 16.4. The maximum absolute atomic E-state index is 12.7. The van der Waals surface area contributed by atoms with Crippen LogP contribution in [0.25, 0.3) is 0 Å². The number of amides is 2. The summed E-state index contributed by atoms with van der Waals surface area (Å²) in [5.74, 6) is -1.80. The zero-order valence-corrected chi connectivity index (χ0v) is 12.4. The van der Waals surface area contributed by atoms with Crippen LogP contribution in [-0.2, 0) is 14.4 Å². The summed E-state index contributed by atoms with van der Waals surface area (Å²) in [6.07, 6.45) is 3.24. The van der Waals surface area contributed by atoms with Crippen LogP contribution in [0.2, 0.25) is 0 Å². The summed E-state index contributed by atoms with van der Waals surface area (Å²) in [5.41, 5.74) is 0. The van der Waals surface area contributed by atoms with Crippen LogP contribution in [0.5, 0.6) is 0 Å². The third kappa shape index (κ3) is 2.42. The number of hydrogen-bond donors (Lipinski definition) is 0. The smallest absolute Gasteiger partial charge is 0.233 e. The van der Waals surface area contributed by atoms with Gasteiger partial charge in [-0.3, -0.25) is 14.5 Å². The fourth-order valence-electron chi connectivity index (χ4n) is 3.68. The van der Waals surface area contributed by atoms with E-state index >= 15 is 0 Å². The molecule has 118 valence electrons. The Kier molecular flexibility index (Phi) is 3.76. The number of carboxylic acid groups (broad SMARTS) is 1. The monoisotopic (exact) mass is 304 g/mol. The number of carbonyl (C=O) groups is 3. The van der Waals surface area contributed by atoms with Gasteiger partial charge in [0.25, 0.3) is 0 Å². The molecule has 22 heavy (non-hydrogen) atoms. The van der Waals surface area contributed by atoms with Crippen molar-refractivity contribution in [2.75, 3.05) is 0 Å². The van der Waals surface area contributed by atoms with E-state index in [9.17, 15) is 19.5 Å². The van der Waals surface area contributed by atoms with Gasteiger partial charge in [-0.25, -0.2) is 0 Å². The molecule has 6 nitrogen and oxygen atoms in total. The van der Waals surface area contributed by atoms with Crippen molar-refractivity contribution >= 4 is 17.8 Å². The lowest BCUT2D eigenvalue weighted by Gasteiger charge is -2.25. The first-order valence-electron chi connectivity index (χ1n) is 7.59. The van der Waals surface area contributed by atoms with E-state index in [4.69, 9.17) is 4.42 Å². The van der Waals surface area contributed by atoms with Gasteiger partial charge in [0.2, 0.25) is 11.8 Å². The number of aliphatic carboxylic acids is 1. The Morgan fingerprint density at radius 1 is 1.36 bits per heavy atom. The van der Waals surface area contributed by atoms with Gasteiger partial charge in [0.15, 0.2) is 0 Å². The minimum Gasteiger partial charge on any atom is -0.550 e. The lowest BCUT2D eigenvalue weighted by molar-refractivity contribution is -0.306. The quantitative estimate of drug-likeness (QED) is 0.770. The lowest BCUT2D eigenvalue weighted by atomic mass is 9.76. The Bertz CT molecular complexity index is 594. The average Bonchev–Trinajstić information content (AvgIpc) is 3.06. The SMILES string of the molecule is C[C@H]1CC[C@H]2C(=O)N([C@@H](CC(=O)[O-])c3ccco3)C(=O)[C@@H]2C1. The highest BCUT2D eigenvalue weighted by Crippen LogP contribution is 2.43. The fraction of sp³-hybridized carbons (Fsp3) is 0.562. The minimum atomic E-state index is -1.31. The first-order valence-corrected chi connectivity index (χ1v) is 7.59. The van der Waals surface area contributed by atoms with Crippen molar-refractivity contribution in [3.05, 3.63) is 24.2 Å². The molecule has 1 aromatic rings. The third-order valence-electron chi connectivity index (χ3n) is 4.77. The van der Waals surface area contributed by atoms with E-state index in [0.29, 0.717) is 24.5 Å². The zero-order chi connectivity index (χ0) is 15.9. The van der Waals surface area contributed by atoms with Crippen LogP contribution in [0.4, 0.5) is 0 Å². The number of carboxylic acids is 1. The van der Waals surface area contributed by atoms with E-state index in [1.165, 1.54) is 6.26 Å². The van der Waals surface area contributed by atoms with Crippen molar-refractivity contribution in [3.8, 4) is 0 Å². The molecule has 0 bridgehead atoms. The molecular weight excluding hydrogens is 286 g/mol. The predicted molar refractivity (Wildman–Crippen MR) is 72.9 cm³/mol. The molecule has 4 atom stereocenters. The van der Waals surface area contributed by atoms with Crippen molar-refractivity contribution in [1.29, 1.82) is 0 Å². The molecule has 2 aliphatic rings. The van der Waals surface area contributed by atoms with Crippen LogP contribution in [0, 0.1) is 17.8 Å². The summed E-state index contributed by atoms with van der Waals surface area (Å²) in [6.45, 7) is 2.07. The Hall–Kier alpha value is -2.11. The second kappa shape index (κ2) is 5.59. The van der Waals surface area contributed by atoms with Gasteiger partial charge in [0.1, 0.15) is 11.8 Å². The van der Waals surface area contributed by atoms with E-state index in [1.807, 2.05) is 0 Å². The number of hydrogen-bond acceptors (Lipinski definition) is 5.